The number of hydrogen-bond donors (Lipinski definition) is 2. The molecule has 0 saturated carbocycles. The van der Waals surface area contributed by atoms with Crippen LogP contribution in [0.15, 0.2) is 0 Å². The number of rotatable bonds is 2. The second-order valence-corrected chi connectivity index (χ2v) is 0.964. The molecule has 0 atom stereocenters. The van der Waals surface area contributed by atoms with Gasteiger partial charge in [0.1, 0.15) is 6.42 Å². The Kier molecular flexibility index (Phi) is 16.8. The van der Waals surface area contributed by atoms with Gasteiger partial charge in [0.25, 0.3) is 0 Å². The van der Waals surface area contributed by atoms with E-state index in [4.69, 9.17) is 10.2 Å². The molecule has 0 fully saturated rings. The summed E-state index contributed by atoms with van der Waals surface area (Å²) in [4.78, 5) is 18.9. The number of aliphatic carboxylic acids is 2. The molecule has 2 radical (unpaired) electrons. The van der Waals surface area contributed by atoms with Gasteiger partial charge in [0.05, 0.1) is 0 Å². The molecule has 0 aromatic rings. The molecule has 0 aromatic heterocycles. The second kappa shape index (κ2) is 9.12. The number of carboxylic acids is 2. The first-order chi connectivity index (χ1) is 3.13. The van der Waals surface area contributed by atoms with E-state index in [0.29, 0.717) is 0 Å². The fourth-order valence-corrected chi connectivity index (χ4v) is 0.129. The third kappa shape index (κ3) is 17.6. The molecule has 0 heterocycles. The zero-order chi connectivity index (χ0) is 5.86. The summed E-state index contributed by atoms with van der Waals surface area (Å²) >= 11 is 0. The first-order valence-corrected chi connectivity index (χ1v) is 1.56. The molecule has 0 spiro atoms. The quantitative estimate of drug-likeness (QED) is 0.445. The Hall–Kier alpha value is 1.12. The van der Waals surface area contributed by atoms with Crippen LogP contribution in [0.25, 0.3) is 0 Å². The number of carboxylic acid groups (broad SMARTS) is 2. The number of carbonyl (C=O) groups is 2. The molecule has 0 amide bonds. The first kappa shape index (κ1) is 16.6. The van der Waals surface area contributed by atoms with Crippen LogP contribution in [0.3, 0.4) is 0 Å². The van der Waals surface area contributed by atoms with Crippen molar-refractivity contribution in [2.45, 2.75) is 6.42 Å². The first-order valence-electron chi connectivity index (χ1n) is 1.56. The Morgan fingerprint density at radius 2 is 1.22 bits per heavy atom. The standard InChI is InChI=1S/C3H4O4.2Pa/c4-2(5)1-3(6)7;;/h1H2,(H,4,5)(H,6,7);;. The van der Waals surface area contributed by atoms with Gasteiger partial charge in [-0.25, -0.2) is 0 Å². The van der Waals surface area contributed by atoms with Crippen LogP contribution >= 0.6 is 0 Å². The molecule has 0 rings (SSSR count). The molecule has 46 valence electrons. The van der Waals surface area contributed by atoms with E-state index in [9.17, 15) is 9.59 Å². The molecule has 0 bridgehead atoms. The van der Waals surface area contributed by atoms with Crippen LogP contribution in [-0.4, -0.2) is 22.2 Å². The summed E-state index contributed by atoms with van der Waals surface area (Å²) < 4.78 is 0. The van der Waals surface area contributed by atoms with E-state index in [2.05, 4.69) is 0 Å². The Labute approximate surface area is 101 Å². The van der Waals surface area contributed by atoms with E-state index in [-0.39, 0.29) is 64.6 Å². The van der Waals surface area contributed by atoms with E-state index in [1.54, 1.807) is 0 Å². The van der Waals surface area contributed by atoms with Crippen LogP contribution in [0.5, 0.6) is 0 Å². The third-order valence-corrected chi connectivity index (χ3v) is 0.302. The maximum absolute atomic E-state index is 9.43. The minimum absolute atomic E-state index is 0. The van der Waals surface area contributed by atoms with Gasteiger partial charge in [-0.1, -0.05) is 0 Å². The maximum atomic E-state index is 9.43. The van der Waals surface area contributed by atoms with Gasteiger partial charge in [-0.05, 0) is 0 Å². The van der Waals surface area contributed by atoms with Gasteiger partial charge in [0, 0.05) is 64.6 Å². The molecule has 2 N–H and O–H groups in total. The van der Waals surface area contributed by atoms with Crippen LogP contribution in [0, 0.1) is 64.6 Å². The number of hydrogen-bond acceptors (Lipinski definition) is 2. The smallest absolute Gasteiger partial charge is 0.314 e. The fraction of sp³-hybridized carbons (Fsp3) is 0.333. The Bertz CT molecular complexity index is 90.0. The molecule has 0 aromatic carbocycles. The third-order valence-electron chi connectivity index (χ3n) is 0.302. The average Bonchev–Trinajstić information content (AvgIpc) is 1.27. The van der Waals surface area contributed by atoms with Crippen LogP contribution in [-0.2, 0) is 9.59 Å². The summed E-state index contributed by atoms with van der Waals surface area (Å²) in [7, 11) is 0. The van der Waals surface area contributed by atoms with Gasteiger partial charge >= 0.3 is 11.9 Å². The van der Waals surface area contributed by atoms with Crippen molar-refractivity contribution in [3.8, 4) is 0 Å². The van der Waals surface area contributed by atoms with Crippen molar-refractivity contribution in [1.29, 1.82) is 0 Å². The minimum atomic E-state index is -1.31. The van der Waals surface area contributed by atoms with Gasteiger partial charge < -0.3 is 10.2 Å². The molecule has 0 unspecified atom stereocenters. The van der Waals surface area contributed by atoms with E-state index in [1.807, 2.05) is 0 Å². The molecular weight excluding hydrogens is 562 g/mol. The molecular formula is C3H4O4Pa2. The summed E-state index contributed by atoms with van der Waals surface area (Å²) in [5.41, 5.74) is 0. The van der Waals surface area contributed by atoms with E-state index in [1.165, 1.54) is 0 Å². The SMILES string of the molecule is O=C(O)CC(=O)O.[Pa].[Pa]. The zero-order valence-corrected chi connectivity index (χ0v) is 14.2. The van der Waals surface area contributed by atoms with Crippen LogP contribution in [0.4, 0.5) is 0 Å². The topological polar surface area (TPSA) is 74.6 Å². The molecule has 0 aliphatic rings. The largest absolute Gasteiger partial charge is 0.481 e. The molecule has 0 saturated heterocycles. The van der Waals surface area contributed by atoms with Gasteiger partial charge in [-0.15, -0.1) is 0 Å². The average molecular weight is 566 g/mol. The summed E-state index contributed by atoms with van der Waals surface area (Å²) in [5.74, 6) is -2.62. The van der Waals surface area contributed by atoms with Gasteiger partial charge in [-0.3, -0.25) is 9.59 Å². The monoisotopic (exact) mass is 566 g/mol. The summed E-state index contributed by atoms with van der Waals surface area (Å²) in [5, 5.41) is 15.4. The van der Waals surface area contributed by atoms with Crippen molar-refractivity contribution in [3.63, 3.8) is 0 Å². The van der Waals surface area contributed by atoms with Gasteiger partial charge in [-0.2, -0.15) is 0 Å². The minimum Gasteiger partial charge on any atom is -0.481 e. The molecule has 6 heteroatoms. The van der Waals surface area contributed by atoms with Crippen molar-refractivity contribution in [1.82, 2.24) is 0 Å². The van der Waals surface area contributed by atoms with E-state index < -0.39 is 18.4 Å². The Balaban J connectivity index is -0.000000180. The maximum Gasteiger partial charge on any atom is 0.314 e. The Morgan fingerprint density at radius 1 is 1.00 bits per heavy atom. The fourth-order valence-electron chi connectivity index (χ4n) is 0.129. The second-order valence-electron chi connectivity index (χ2n) is 0.964. The predicted octanol–water partition coefficient (Wildman–Crippen LogP) is -0.454. The van der Waals surface area contributed by atoms with Crippen LogP contribution in [0.1, 0.15) is 6.42 Å². The normalized spacial score (nSPS) is 6.22. The molecule has 0 aliphatic heterocycles. The van der Waals surface area contributed by atoms with Crippen molar-refractivity contribution < 1.29 is 84.4 Å². The van der Waals surface area contributed by atoms with E-state index in [0.717, 1.165) is 0 Å². The van der Waals surface area contributed by atoms with E-state index >= 15 is 0 Å². The summed E-state index contributed by atoms with van der Waals surface area (Å²) in [6.45, 7) is 0. The van der Waals surface area contributed by atoms with Crippen molar-refractivity contribution in [3.05, 3.63) is 0 Å². The van der Waals surface area contributed by atoms with Gasteiger partial charge in [0.15, 0.2) is 0 Å². The predicted molar refractivity (Wildman–Crippen MR) is 19.9 cm³/mol. The van der Waals surface area contributed by atoms with Gasteiger partial charge in [0.2, 0.25) is 0 Å². The summed E-state index contributed by atoms with van der Waals surface area (Å²) in [6.07, 6.45) is -0.806. The van der Waals surface area contributed by atoms with Crippen LogP contribution < -0.4 is 0 Å². The molecule has 9 heavy (non-hydrogen) atoms. The van der Waals surface area contributed by atoms with Crippen molar-refractivity contribution >= 4 is 11.9 Å². The van der Waals surface area contributed by atoms with Crippen LogP contribution in [0.2, 0.25) is 0 Å². The summed E-state index contributed by atoms with van der Waals surface area (Å²) in [6, 6.07) is 0. The molecule has 0 aliphatic carbocycles. The van der Waals surface area contributed by atoms with Crippen molar-refractivity contribution in [2.75, 3.05) is 0 Å². The Morgan fingerprint density at radius 3 is 1.22 bits per heavy atom. The van der Waals surface area contributed by atoms with Crippen molar-refractivity contribution in [2.24, 2.45) is 0 Å². The molecule has 4 nitrogen and oxygen atoms in total. The zero-order valence-electron chi connectivity index (χ0n) is 4.57.